The summed E-state index contributed by atoms with van der Waals surface area (Å²) in [6.07, 6.45) is 4.03. The Bertz CT molecular complexity index is 162. The lowest BCUT2D eigenvalue weighted by molar-refractivity contribution is -0.145. The fourth-order valence-electron chi connectivity index (χ4n) is 1.26. The summed E-state index contributed by atoms with van der Waals surface area (Å²) >= 11 is 0. The van der Waals surface area contributed by atoms with E-state index >= 15 is 0 Å². The van der Waals surface area contributed by atoms with Crippen molar-refractivity contribution in [1.29, 1.82) is 0 Å². The molecule has 2 N–H and O–H groups in total. The fraction of sp³-hybridized carbons (Fsp3) is 0.909. The Hall–Kier alpha value is -0.610. The van der Waals surface area contributed by atoms with E-state index in [0.29, 0.717) is 6.61 Å². The predicted molar refractivity (Wildman–Crippen MR) is 59.7 cm³/mol. The normalized spacial score (nSPS) is 12.5. The summed E-state index contributed by atoms with van der Waals surface area (Å²) in [5, 5.41) is 11.7. The van der Waals surface area contributed by atoms with Gasteiger partial charge in [-0.25, -0.2) is 0 Å². The zero-order valence-corrected chi connectivity index (χ0v) is 9.79. The summed E-state index contributed by atoms with van der Waals surface area (Å²) in [6.45, 7) is 5.14. The third-order valence-electron chi connectivity index (χ3n) is 2.18. The van der Waals surface area contributed by atoms with Gasteiger partial charge in [-0.3, -0.25) is 4.79 Å². The number of hydrogen-bond donors (Lipinski definition) is 2. The van der Waals surface area contributed by atoms with E-state index < -0.39 is 0 Å². The van der Waals surface area contributed by atoms with Gasteiger partial charge in [-0.15, -0.1) is 0 Å². The lowest BCUT2D eigenvalue weighted by Gasteiger charge is -2.12. The molecule has 4 nitrogen and oxygen atoms in total. The third kappa shape index (κ3) is 8.39. The minimum absolute atomic E-state index is 0.187. The van der Waals surface area contributed by atoms with Gasteiger partial charge in [-0.2, -0.15) is 0 Å². The highest BCUT2D eigenvalue weighted by atomic mass is 16.5. The largest absolute Gasteiger partial charge is 0.465 e. The van der Waals surface area contributed by atoms with Crippen molar-refractivity contribution in [2.24, 2.45) is 0 Å². The molecule has 0 aromatic carbocycles. The highest BCUT2D eigenvalue weighted by molar-refractivity contribution is 5.75. The van der Waals surface area contributed by atoms with Crippen molar-refractivity contribution >= 4 is 5.97 Å². The van der Waals surface area contributed by atoms with Crippen LogP contribution in [0, 0.1) is 0 Å². The highest BCUT2D eigenvalue weighted by Crippen LogP contribution is 1.98. The van der Waals surface area contributed by atoms with E-state index in [0.717, 1.165) is 32.2 Å². The SMILES string of the molecule is CCOC(=O)C(C)NCCCCCCO. The Morgan fingerprint density at radius 3 is 2.60 bits per heavy atom. The van der Waals surface area contributed by atoms with Crippen LogP contribution < -0.4 is 5.32 Å². The van der Waals surface area contributed by atoms with Crippen LogP contribution in [0.4, 0.5) is 0 Å². The van der Waals surface area contributed by atoms with Gasteiger partial charge < -0.3 is 15.2 Å². The number of ether oxygens (including phenoxy) is 1. The summed E-state index contributed by atoms with van der Waals surface area (Å²) in [7, 11) is 0. The zero-order valence-electron chi connectivity index (χ0n) is 9.79. The van der Waals surface area contributed by atoms with Crippen LogP contribution in [-0.2, 0) is 9.53 Å². The molecule has 0 fully saturated rings. The van der Waals surface area contributed by atoms with Crippen molar-refractivity contribution in [3.05, 3.63) is 0 Å². The standard InChI is InChI=1S/C11H23NO3/c1-3-15-11(14)10(2)12-8-6-4-5-7-9-13/h10,12-13H,3-9H2,1-2H3. The molecular formula is C11H23NO3. The molecule has 0 heterocycles. The Labute approximate surface area is 92.0 Å². The van der Waals surface area contributed by atoms with Gasteiger partial charge in [0, 0.05) is 6.61 Å². The number of unbranched alkanes of at least 4 members (excludes halogenated alkanes) is 3. The van der Waals surface area contributed by atoms with Crippen LogP contribution in [0.1, 0.15) is 39.5 Å². The van der Waals surface area contributed by atoms with E-state index in [1.54, 1.807) is 6.92 Å². The first kappa shape index (κ1) is 14.4. The van der Waals surface area contributed by atoms with Gasteiger partial charge >= 0.3 is 5.97 Å². The number of aliphatic hydroxyl groups excluding tert-OH is 1. The maximum Gasteiger partial charge on any atom is 0.322 e. The molecule has 1 unspecified atom stereocenters. The highest BCUT2D eigenvalue weighted by Gasteiger charge is 2.11. The lowest BCUT2D eigenvalue weighted by Crippen LogP contribution is -2.35. The van der Waals surface area contributed by atoms with Gasteiger partial charge in [-0.05, 0) is 33.2 Å². The molecule has 0 rings (SSSR count). The topological polar surface area (TPSA) is 58.6 Å². The fourth-order valence-corrected chi connectivity index (χ4v) is 1.26. The summed E-state index contributed by atoms with van der Waals surface area (Å²) < 4.78 is 4.86. The van der Waals surface area contributed by atoms with Gasteiger partial charge in [-0.1, -0.05) is 12.8 Å². The van der Waals surface area contributed by atoms with Gasteiger partial charge in [0.05, 0.1) is 6.61 Å². The molecule has 0 aliphatic heterocycles. The molecule has 0 aliphatic carbocycles. The molecule has 0 aromatic heterocycles. The first-order chi connectivity index (χ1) is 7.22. The van der Waals surface area contributed by atoms with Crippen molar-refractivity contribution in [2.75, 3.05) is 19.8 Å². The zero-order chi connectivity index (χ0) is 11.5. The van der Waals surface area contributed by atoms with Crippen molar-refractivity contribution < 1.29 is 14.6 Å². The number of esters is 1. The molecule has 4 heteroatoms. The van der Waals surface area contributed by atoms with Crippen molar-refractivity contribution in [2.45, 2.75) is 45.6 Å². The second-order valence-electron chi connectivity index (χ2n) is 3.57. The molecule has 0 radical (unpaired) electrons. The third-order valence-corrected chi connectivity index (χ3v) is 2.18. The molecule has 0 aromatic rings. The molecule has 0 saturated carbocycles. The summed E-state index contributed by atoms with van der Waals surface area (Å²) in [4.78, 5) is 11.2. The van der Waals surface area contributed by atoms with Crippen LogP contribution in [0.5, 0.6) is 0 Å². The minimum atomic E-state index is -0.220. The van der Waals surface area contributed by atoms with Crippen LogP contribution in [0.3, 0.4) is 0 Å². The van der Waals surface area contributed by atoms with Gasteiger partial charge in [0.1, 0.15) is 6.04 Å². The maximum atomic E-state index is 11.2. The Balaban J connectivity index is 3.30. The smallest absolute Gasteiger partial charge is 0.322 e. The van der Waals surface area contributed by atoms with E-state index in [1.807, 2.05) is 6.92 Å². The first-order valence-corrected chi connectivity index (χ1v) is 5.73. The molecule has 90 valence electrons. The van der Waals surface area contributed by atoms with E-state index in [4.69, 9.17) is 9.84 Å². The molecule has 15 heavy (non-hydrogen) atoms. The van der Waals surface area contributed by atoms with Crippen LogP contribution >= 0.6 is 0 Å². The van der Waals surface area contributed by atoms with Gasteiger partial charge in [0.2, 0.25) is 0 Å². The number of nitrogens with one attached hydrogen (secondary N) is 1. The minimum Gasteiger partial charge on any atom is -0.465 e. The number of hydrogen-bond acceptors (Lipinski definition) is 4. The Morgan fingerprint density at radius 1 is 1.33 bits per heavy atom. The molecular weight excluding hydrogens is 194 g/mol. The quantitative estimate of drug-likeness (QED) is 0.448. The average Bonchev–Trinajstić information content (AvgIpc) is 2.23. The Kier molecular flexibility index (Phi) is 9.52. The lowest BCUT2D eigenvalue weighted by atomic mass is 10.2. The van der Waals surface area contributed by atoms with Gasteiger partial charge in [0.15, 0.2) is 0 Å². The summed E-state index contributed by atoms with van der Waals surface area (Å²) in [6, 6.07) is -0.220. The van der Waals surface area contributed by atoms with E-state index in [9.17, 15) is 4.79 Å². The van der Waals surface area contributed by atoms with E-state index in [2.05, 4.69) is 5.32 Å². The van der Waals surface area contributed by atoms with Gasteiger partial charge in [0.25, 0.3) is 0 Å². The number of rotatable bonds is 9. The number of carbonyl (C=O) groups is 1. The van der Waals surface area contributed by atoms with Crippen LogP contribution in [0.2, 0.25) is 0 Å². The van der Waals surface area contributed by atoms with Crippen LogP contribution in [0.25, 0.3) is 0 Å². The van der Waals surface area contributed by atoms with Crippen LogP contribution in [-0.4, -0.2) is 36.9 Å². The predicted octanol–water partition coefficient (Wildman–Crippen LogP) is 1.08. The summed E-state index contributed by atoms with van der Waals surface area (Å²) in [5.74, 6) is -0.187. The van der Waals surface area contributed by atoms with Crippen LogP contribution in [0.15, 0.2) is 0 Å². The second kappa shape index (κ2) is 9.93. The Morgan fingerprint density at radius 2 is 2.00 bits per heavy atom. The molecule has 0 aliphatic rings. The monoisotopic (exact) mass is 217 g/mol. The second-order valence-corrected chi connectivity index (χ2v) is 3.57. The molecule has 0 saturated heterocycles. The number of aliphatic hydroxyl groups is 1. The first-order valence-electron chi connectivity index (χ1n) is 5.73. The van der Waals surface area contributed by atoms with Crippen molar-refractivity contribution in [1.82, 2.24) is 5.32 Å². The summed E-state index contributed by atoms with van der Waals surface area (Å²) in [5.41, 5.74) is 0. The van der Waals surface area contributed by atoms with E-state index in [1.165, 1.54) is 0 Å². The molecule has 1 atom stereocenters. The van der Waals surface area contributed by atoms with Crippen molar-refractivity contribution in [3.63, 3.8) is 0 Å². The maximum absolute atomic E-state index is 11.2. The van der Waals surface area contributed by atoms with E-state index in [-0.39, 0.29) is 18.6 Å². The molecule has 0 amide bonds. The molecule has 0 bridgehead atoms. The number of carbonyl (C=O) groups excluding carboxylic acids is 1. The molecule has 0 spiro atoms. The van der Waals surface area contributed by atoms with Crippen molar-refractivity contribution in [3.8, 4) is 0 Å². The average molecular weight is 217 g/mol.